The maximum Gasteiger partial charge on any atom is 0.271 e. The summed E-state index contributed by atoms with van der Waals surface area (Å²) < 4.78 is 58.2. The fourth-order valence-electron chi connectivity index (χ4n) is 4.92. The number of benzene rings is 1. The molecule has 180 valence electrons. The third-order valence-electron chi connectivity index (χ3n) is 6.96. The van der Waals surface area contributed by atoms with Gasteiger partial charge < -0.3 is 20.8 Å². The number of ether oxygens (including phenoxy) is 1. The number of imidazole rings is 1. The number of carbonyl (C=O) groups is 1. The lowest BCUT2D eigenvalue weighted by Crippen LogP contribution is -2.40. The van der Waals surface area contributed by atoms with E-state index in [2.05, 4.69) is 15.3 Å². The number of nitrogens with one attached hydrogen (secondary N) is 2. The van der Waals surface area contributed by atoms with E-state index in [1.807, 2.05) is 18.2 Å². The Morgan fingerprint density at radius 1 is 1.21 bits per heavy atom. The van der Waals surface area contributed by atoms with Crippen molar-refractivity contribution in [3.63, 3.8) is 0 Å². The highest BCUT2D eigenvalue weighted by atomic mass is 19.3. The number of fused-ring (bicyclic) bond motifs is 1. The van der Waals surface area contributed by atoms with Gasteiger partial charge in [0, 0.05) is 25.7 Å². The SMILES string of the molecule is N[C@H](c1nc2ccc([C@H](NC(=O)CC3CC(F)(F)C3)C3CC3)cc2[nH]1)[C@H]1CCC(F)(F)CO1. The number of halogens is 4. The molecule has 5 rings (SSSR count). The Bertz CT molecular complexity index is 1020. The predicted molar refractivity (Wildman–Crippen MR) is 113 cm³/mol. The fraction of sp³-hybridized carbons (Fsp3) is 0.652. The molecule has 1 aliphatic heterocycles. The highest BCUT2D eigenvalue weighted by Gasteiger charge is 2.46. The first-order valence-electron chi connectivity index (χ1n) is 11.5. The summed E-state index contributed by atoms with van der Waals surface area (Å²) in [5.74, 6) is -5.13. The summed E-state index contributed by atoms with van der Waals surface area (Å²) in [5, 5.41) is 3.04. The van der Waals surface area contributed by atoms with Crippen LogP contribution in [0.1, 0.15) is 68.4 Å². The second-order valence-corrected chi connectivity index (χ2v) is 9.89. The summed E-state index contributed by atoms with van der Waals surface area (Å²) in [5.41, 5.74) is 8.58. The number of aromatic amines is 1. The van der Waals surface area contributed by atoms with Crippen LogP contribution in [0.3, 0.4) is 0 Å². The van der Waals surface area contributed by atoms with Gasteiger partial charge in [-0.15, -0.1) is 0 Å². The number of H-pyrrole nitrogens is 1. The van der Waals surface area contributed by atoms with E-state index in [4.69, 9.17) is 10.5 Å². The number of rotatable bonds is 7. The van der Waals surface area contributed by atoms with E-state index in [0.29, 0.717) is 17.3 Å². The van der Waals surface area contributed by atoms with E-state index in [1.165, 1.54) is 0 Å². The van der Waals surface area contributed by atoms with Gasteiger partial charge in [0.1, 0.15) is 12.4 Å². The second kappa shape index (κ2) is 8.23. The summed E-state index contributed by atoms with van der Waals surface area (Å²) >= 11 is 0. The van der Waals surface area contributed by atoms with Crippen molar-refractivity contribution >= 4 is 16.9 Å². The summed E-state index contributed by atoms with van der Waals surface area (Å²) in [6.45, 7) is -0.642. The highest BCUT2D eigenvalue weighted by Crippen LogP contribution is 2.45. The molecule has 1 amide bonds. The van der Waals surface area contributed by atoms with E-state index in [0.717, 1.165) is 23.9 Å². The molecule has 6 nitrogen and oxygen atoms in total. The van der Waals surface area contributed by atoms with Gasteiger partial charge in [0.15, 0.2) is 0 Å². The monoisotopic (exact) mass is 468 g/mol. The maximum absolute atomic E-state index is 13.4. The second-order valence-electron chi connectivity index (χ2n) is 9.89. The third kappa shape index (κ3) is 5.01. The molecule has 4 N–H and O–H groups in total. The zero-order valence-electron chi connectivity index (χ0n) is 18.1. The molecule has 33 heavy (non-hydrogen) atoms. The molecule has 2 aromatic rings. The number of alkyl halides is 4. The largest absolute Gasteiger partial charge is 0.370 e. The molecule has 1 saturated heterocycles. The van der Waals surface area contributed by atoms with Crippen LogP contribution in [0, 0.1) is 11.8 Å². The lowest BCUT2D eigenvalue weighted by atomic mass is 9.79. The van der Waals surface area contributed by atoms with Gasteiger partial charge in [-0.3, -0.25) is 4.79 Å². The van der Waals surface area contributed by atoms with Crippen LogP contribution < -0.4 is 11.1 Å². The lowest BCUT2D eigenvalue weighted by molar-refractivity contribution is -0.149. The Balaban J connectivity index is 1.27. The maximum atomic E-state index is 13.4. The van der Waals surface area contributed by atoms with Crippen molar-refractivity contribution in [1.29, 1.82) is 0 Å². The molecule has 3 fully saturated rings. The fourth-order valence-corrected chi connectivity index (χ4v) is 4.92. The molecule has 0 unspecified atom stereocenters. The lowest BCUT2D eigenvalue weighted by Gasteiger charge is -2.34. The Hall–Kier alpha value is -2.20. The van der Waals surface area contributed by atoms with Crippen LogP contribution in [0.25, 0.3) is 11.0 Å². The van der Waals surface area contributed by atoms with Gasteiger partial charge in [-0.1, -0.05) is 6.07 Å². The van der Waals surface area contributed by atoms with Crippen molar-refractivity contribution in [3.05, 3.63) is 29.6 Å². The van der Waals surface area contributed by atoms with E-state index < -0.39 is 30.6 Å². The van der Waals surface area contributed by atoms with Crippen LogP contribution >= 0.6 is 0 Å². The van der Waals surface area contributed by atoms with Gasteiger partial charge >= 0.3 is 0 Å². The Labute approximate surface area is 188 Å². The van der Waals surface area contributed by atoms with Gasteiger partial charge in [-0.2, -0.15) is 0 Å². The van der Waals surface area contributed by atoms with Crippen LogP contribution in [0.2, 0.25) is 0 Å². The van der Waals surface area contributed by atoms with Crippen LogP contribution in [-0.2, 0) is 9.53 Å². The van der Waals surface area contributed by atoms with Crippen molar-refractivity contribution in [2.45, 2.75) is 75.0 Å². The number of hydrogen-bond donors (Lipinski definition) is 3. The number of hydrogen-bond acceptors (Lipinski definition) is 4. The summed E-state index contributed by atoms with van der Waals surface area (Å²) in [4.78, 5) is 20.2. The van der Waals surface area contributed by atoms with Gasteiger partial charge in [0.2, 0.25) is 11.8 Å². The van der Waals surface area contributed by atoms with Crippen LogP contribution in [0.15, 0.2) is 18.2 Å². The minimum Gasteiger partial charge on any atom is -0.370 e. The molecule has 1 aromatic heterocycles. The topological polar surface area (TPSA) is 93.0 Å². The minimum absolute atomic E-state index is 0.116. The smallest absolute Gasteiger partial charge is 0.271 e. The van der Waals surface area contributed by atoms with E-state index >= 15 is 0 Å². The Morgan fingerprint density at radius 3 is 2.61 bits per heavy atom. The molecule has 0 bridgehead atoms. The molecule has 2 heterocycles. The Morgan fingerprint density at radius 2 is 1.97 bits per heavy atom. The van der Waals surface area contributed by atoms with Gasteiger partial charge in [-0.05, 0) is 48.8 Å². The number of nitrogens with two attached hydrogens (primary N) is 1. The summed E-state index contributed by atoms with van der Waals surface area (Å²) in [6, 6.07) is 4.80. The molecule has 2 saturated carbocycles. The molecule has 0 spiro atoms. The van der Waals surface area contributed by atoms with Crippen molar-refractivity contribution in [3.8, 4) is 0 Å². The highest BCUT2D eigenvalue weighted by molar-refractivity contribution is 5.78. The number of nitrogens with zero attached hydrogens (tertiary/aromatic N) is 1. The molecule has 3 aliphatic rings. The van der Waals surface area contributed by atoms with Gasteiger partial charge in [-0.25, -0.2) is 22.5 Å². The average Bonchev–Trinajstić information content (AvgIpc) is 3.48. The standard InChI is InChI=1S/C23H28F4N4O2/c24-22(25)6-5-17(33-11-22)19(28)21-29-15-4-3-14(8-16(15)30-21)20(13-1-2-13)31-18(32)7-12-9-23(26,27)10-12/h3-4,8,12-13,17,19-20H,1-2,5-7,9-11,28H2,(H,29,30)(H,31,32)/t17-,19+,20-/m1/s1. The molecule has 1 aromatic carbocycles. The molecular formula is C23H28F4N4O2. The molecule has 0 radical (unpaired) electrons. The number of amides is 1. The normalized spacial score (nSPS) is 26.5. The van der Waals surface area contributed by atoms with E-state index in [9.17, 15) is 22.4 Å². The quantitative estimate of drug-likeness (QED) is 0.526. The molecule has 2 aliphatic carbocycles. The van der Waals surface area contributed by atoms with Crippen molar-refractivity contribution < 1.29 is 27.1 Å². The predicted octanol–water partition coefficient (Wildman–Crippen LogP) is 4.38. The summed E-state index contributed by atoms with van der Waals surface area (Å²) in [7, 11) is 0. The number of aromatic nitrogens is 2. The van der Waals surface area contributed by atoms with Crippen molar-refractivity contribution in [1.82, 2.24) is 15.3 Å². The van der Waals surface area contributed by atoms with Gasteiger partial charge in [0.05, 0.1) is 29.2 Å². The third-order valence-corrected chi connectivity index (χ3v) is 6.96. The molecule has 10 heteroatoms. The number of carbonyl (C=O) groups excluding carboxylic acids is 1. The van der Waals surface area contributed by atoms with Crippen LogP contribution in [0.4, 0.5) is 17.6 Å². The van der Waals surface area contributed by atoms with Gasteiger partial charge in [0.25, 0.3) is 5.92 Å². The van der Waals surface area contributed by atoms with Crippen LogP contribution in [-0.4, -0.2) is 40.4 Å². The van der Waals surface area contributed by atoms with Crippen molar-refractivity contribution in [2.75, 3.05) is 6.61 Å². The van der Waals surface area contributed by atoms with Crippen LogP contribution in [0.5, 0.6) is 0 Å². The van der Waals surface area contributed by atoms with E-state index in [-0.39, 0.29) is 50.0 Å². The first-order valence-corrected chi connectivity index (χ1v) is 11.5. The first-order chi connectivity index (χ1) is 15.6. The zero-order valence-corrected chi connectivity index (χ0v) is 18.1. The molecule has 3 atom stereocenters. The average molecular weight is 468 g/mol. The minimum atomic E-state index is -2.82. The molecular weight excluding hydrogens is 440 g/mol. The van der Waals surface area contributed by atoms with Crippen molar-refractivity contribution in [2.24, 2.45) is 17.6 Å². The first kappa shape index (κ1) is 22.6. The summed E-state index contributed by atoms with van der Waals surface area (Å²) in [6.07, 6.45) is 1.00. The van der Waals surface area contributed by atoms with E-state index in [1.54, 1.807) is 0 Å². The zero-order chi connectivity index (χ0) is 23.4. The Kier molecular flexibility index (Phi) is 5.63.